The summed E-state index contributed by atoms with van der Waals surface area (Å²) in [4.78, 5) is 44.6. The Morgan fingerprint density at radius 3 is 2.15 bits per heavy atom. The third-order valence-electron chi connectivity index (χ3n) is 5.62. The number of hydrogen-bond donors (Lipinski definition) is 4. The van der Waals surface area contributed by atoms with Gasteiger partial charge in [0.25, 0.3) is 12.9 Å². The Bertz CT molecular complexity index is 1530. The van der Waals surface area contributed by atoms with E-state index in [1.165, 1.54) is 43.3 Å². The first kappa shape index (κ1) is 42.6. The molecule has 2 aromatic heterocycles. The van der Waals surface area contributed by atoms with E-state index >= 15 is 0 Å². The number of aryl methyl sites for hydroxylation is 1. The summed E-state index contributed by atoms with van der Waals surface area (Å²) < 4.78 is 38.8. The molecule has 1 amide bonds. The maximum atomic E-state index is 14.3. The van der Waals surface area contributed by atoms with Crippen molar-refractivity contribution in [3.05, 3.63) is 89.8 Å². The molecule has 0 spiro atoms. The fraction of sp³-hybridized carbons (Fsp3) is 0.286. The van der Waals surface area contributed by atoms with Gasteiger partial charge in [0.1, 0.15) is 17.2 Å². The number of rotatable bonds is 9. The second-order valence-electron chi connectivity index (χ2n) is 10.6. The van der Waals surface area contributed by atoms with E-state index in [0.717, 1.165) is 18.4 Å². The first-order valence-electron chi connectivity index (χ1n) is 14.7. The molecule has 11 nitrogen and oxygen atoms in total. The van der Waals surface area contributed by atoms with E-state index in [2.05, 4.69) is 32.7 Å². The number of pyridine rings is 1. The largest absolute Gasteiger partial charge is 0.483 e. The Labute approximate surface area is 279 Å². The molecule has 2 heterocycles. The number of ether oxygens (including phenoxy) is 2. The SMILES string of the molecule is CC(C)(C)OC=O.CCCCNC.Cc1ccc(F)c(-c2ccc(F)c(Oc3ccnc(-c4cc(C=O)c[nH]4)c3)c2)c1.NC=O.O=CO. The molecule has 0 bridgehead atoms. The lowest BCUT2D eigenvalue weighted by atomic mass is 10.0. The molecule has 0 saturated carbocycles. The predicted molar refractivity (Wildman–Crippen MR) is 181 cm³/mol. The van der Waals surface area contributed by atoms with Gasteiger partial charge >= 0.3 is 0 Å². The van der Waals surface area contributed by atoms with Gasteiger partial charge in [-0.2, -0.15) is 0 Å². The molecule has 0 radical (unpaired) electrons. The van der Waals surface area contributed by atoms with Gasteiger partial charge in [-0.05, 0) is 89.7 Å². The second kappa shape index (κ2) is 23.8. The van der Waals surface area contributed by atoms with Gasteiger partial charge in [-0.1, -0.05) is 31.0 Å². The molecule has 5 N–H and O–H groups in total. The Balaban J connectivity index is 0.000000958. The number of H-pyrrole nitrogens is 1. The van der Waals surface area contributed by atoms with Crippen molar-refractivity contribution in [2.45, 2.75) is 53.1 Å². The number of primary amides is 1. The molecule has 0 atom stereocenters. The quantitative estimate of drug-likeness (QED) is 0.112. The van der Waals surface area contributed by atoms with Crippen molar-refractivity contribution in [3.8, 4) is 34.0 Å². The van der Waals surface area contributed by atoms with E-state index in [-0.39, 0.29) is 24.2 Å². The first-order chi connectivity index (χ1) is 22.8. The molecular formula is C35H44F2N4O7. The summed E-state index contributed by atoms with van der Waals surface area (Å²) in [7, 11) is 1.98. The molecule has 0 aliphatic heterocycles. The number of nitrogens with two attached hydrogens (primary N) is 1. The number of carbonyl (C=O) groups is 4. The van der Waals surface area contributed by atoms with Crippen LogP contribution < -0.4 is 15.8 Å². The van der Waals surface area contributed by atoms with Gasteiger partial charge in [0.05, 0.1) is 11.4 Å². The molecule has 0 unspecified atom stereocenters. The fourth-order valence-electron chi connectivity index (χ4n) is 3.48. The van der Waals surface area contributed by atoms with Crippen molar-refractivity contribution < 1.29 is 42.5 Å². The highest BCUT2D eigenvalue weighted by atomic mass is 19.1. The van der Waals surface area contributed by atoms with E-state index in [1.807, 2.05) is 34.7 Å². The van der Waals surface area contributed by atoms with Crippen molar-refractivity contribution in [2.24, 2.45) is 5.73 Å². The average molecular weight is 671 g/mol. The summed E-state index contributed by atoms with van der Waals surface area (Å²) in [5.41, 5.74) is 7.29. The van der Waals surface area contributed by atoms with E-state index in [0.29, 0.717) is 40.3 Å². The summed E-state index contributed by atoms with van der Waals surface area (Å²) in [5, 5.41) is 9.96. The lowest BCUT2D eigenvalue weighted by Gasteiger charge is -2.14. The number of halogens is 2. The smallest absolute Gasteiger partial charge is 0.293 e. The molecule has 13 heteroatoms. The van der Waals surface area contributed by atoms with Crippen LogP contribution >= 0.6 is 0 Å². The van der Waals surface area contributed by atoms with Gasteiger partial charge < -0.3 is 30.6 Å². The van der Waals surface area contributed by atoms with E-state index in [1.54, 1.807) is 36.5 Å². The number of aromatic nitrogens is 2. The van der Waals surface area contributed by atoms with E-state index < -0.39 is 11.6 Å². The van der Waals surface area contributed by atoms with Crippen molar-refractivity contribution in [2.75, 3.05) is 13.6 Å². The van der Waals surface area contributed by atoms with Gasteiger partial charge in [-0.25, -0.2) is 8.78 Å². The number of nitrogens with zero attached hydrogens (tertiary/aromatic N) is 1. The number of aromatic amines is 1. The van der Waals surface area contributed by atoms with Gasteiger partial charge in [0, 0.05) is 29.6 Å². The van der Waals surface area contributed by atoms with Gasteiger partial charge in [-0.15, -0.1) is 0 Å². The molecule has 2 aromatic carbocycles. The van der Waals surface area contributed by atoms with Crippen LogP contribution in [0, 0.1) is 18.6 Å². The summed E-state index contributed by atoms with van der Waals surface area (Å²) in [6.07, 6.45) is 6.66. The Kier molecular flexibility index (Phi) is 21.1. The Morgan fingerprint density at radius 2 is 1.65 bits per heavy atom. The normalized spacial score (nSPS) is 9.67. The molecule has 260 valence electrons. The molecule has 0 aliphatic carbocycles. The topological polar surface area (TPSA) is 174 Å². The third-order valence-corrected chi connectivity index (χ3v) is 5.62. The first-order valence-corrected chi connectivity index (χ1v) is 14.7. The lowest BCUT2D eigenvalue weighted by Crippen LogP contribution is -2.17. The van der Waals surface area contributed by atoms with Crippen LogP contribution in [-0.2, 0) is 19.1 Å². The number of aldehydes is 1. The summed E-state index contributed by atoms with van der Waals surface area (Å²) in [6, 6.07) is 13.8. The molecule has 0 aliphatic rings. The Morgan fingerprint density at radius 1 is 1.00 bits per heavy atom. The highest BCUT2D eigenvalue weighted by Gasteiger charge is 2.12. The molecule has 4 rings (SSSR count). The zero-order valence-electron chi connectivity index (χ0n) is 28.0. The summed E-state index contributed by atoms with van der Waals surface area (Å²) in [5.74, 6) is -0.626. The monoisotopic (exact) mass is 670 g/mol. The van der Waals surface area contributed by atoms with E-state index in [4.69, 9.17) is 19.4 Å². The van der Waals surface area contributed by atoms with Crippen LogP contribution in [0.4, 0.5) is 8.78 Å². The number of nitrogens with one attached hydrogen (secondary N) is 2. The highest BCUT2D eigenvalue weighted by molar-refractivity contribution is 5.77. The van der Waals surface area contributed by atoms with Crippen molar-refractivity contribution in [1.82, 2.24) is 15.3 Å². The van der Waals surface area contributed by atoms with Gasteiger partial charge in [0.2, 0.25) is 6.41 Å². The van der Waals surface area contributed by atoms with E-state index in [9.17, 15) is 18.4 Å². The number of carbonyl (C=O) groups excluding carboxylic acids is 3. The van der Waals surface area contributed by atoms with Crippen LogP contribution in [0.1, 0.15) is 56.5 Å². The third kappa shape index (κ3) is 17.3. The van der Waals surface area contributed by atoms with Crippen LogP contribution in [0.5, 0.6) is 11.5 Å². The molecular weight excluding hydrogens is 626 g/mol. The maximum absolute atomic E-state index is 14.3. The lowest BCUT2D eigenvalue weighted by molar-refractivity contribution is -0.138. The van der Waals surface area contributed by atoms with Crippen LogP contribution in [0.3, 0.4) is 0 Å². The predicted octanol–water partition coefficient (Wildman–Crippen LogP) is 6.70. The van der Waals surface area contributed by atoms with Crippen molar-refractivity contribution in [3.63, 3.8) is 0 Å². The number of hydrogen-bond acceptors (Lipinski definition) is 8. The van der Waals surface area contributed by atoms with Crippen LogP contribution in [-0.4, -0.2) is 59.9 Å². The number of unbranched alkanes of at least 4 members (excludes halogenated alkanes) is 1. The molecule has 4 aromatic rings. The van der Waals surface area contributed by atoms with Gasteiger partial charge in [-0.3, -0.25) is 24.2 Å². The zero-order chi connectivity index (χ0) is 36.5. The van der Waals surface area contributed by atoms with Crippen LogP contribution in [0.2, 0.25) is 0 Å². The van der Waals surface area contributed by atoms with Crippen LogP contribution in [0.15, 0.2) is 67.0 Å². The standard InChI is InChI=1S/C23H16F2N2O2.C5H13N.C5H10O2.CH3NO.CH2O2/c1-14-2-4-19(24)18(8-14)16-3-5-20(25)23(10-16)29-17-6-7-26-22(11-17)21-9-15(13-28)12-27-21;1-3-4-5-6-2;1-5(2,3)7-4-6;2*2-1-3/h2-13,27H,1H3;6H,3-5H2,1-2H3;4H,1-3H3;1H,(H2,2,3);1H,(H,2,3). The summed E-state index contributed by atoms with van der Waals surface area (Å²) in [6.45, 7) is 10.9. The van der Waals surface area contributed by atoms with Crippen LogP contribution in [0.25, 0.3) is 22.5 Å². The molecule has 0 fully saturated rings. The zero-order valence-corrected chi connectivity index (χ0v) is 28.0. The second-order valence-corrected chi connectivity index (χ2v) is 10.6. The maximum Gasteiger partial charge on any atom is 0.293 e. The van der Waals surface area contributed by atoms with Gasteiger partial charge in [0.15, 0.2) is 17.9 Å². The average Bonchev–Trinajstić information content (AvgIpc) is 3.53. The summed E-state index contributed by atoms with van der Waals surface area (Å²) >= 11 is 0. The minimum Gasteiger partial charge on any atom is -0.483 e. The molecule has 0 saturated heterocycles. The number of amides is 1. The van der Waals surface area contributed by atoms with Crippen molar-refractivity contribution >= 4 is 25.6 Å². The minimum atomic E-state index is -0.566. The minimum absolute atomic E-state index is 0.0272. The number of carboxylic acid groups (broad SMARTS) is 1. The Hall–Kier alpha value is -5.43. The number of benzene rings is 2. The highest BCUT2D eigenvalue weighted by Crippen LogP contribution is 2.32. The fourth-order valence-corrected chi connectivity index (χ4v) is 3.48. The van der Waals surface area contributed by atoms with Crippen molar-refractivity contribution in [1.29, 1.82) is 0 Å². The molecule has 48 heavy (non-hydrogen) atoms.